The molecular formula is C38H64N2O3S6. The van der Waals surface area contributed by atoms with Gasteiger partial charge in [-0.15, -0.1) is 23.5 Å². The molecule has 280 valence electrons. The topological polar surface area (TPSA) is 90.9 Å². The Morgan fingerprint density at radius 3 is 1.12 bits per heavy atom. The molecule has 0 radical (unpaired) electrons. The normalized spacial score (nSPS) is 13.5. The van der Waals surface area contributed by atoms with E-state index in [0.29, 0.717) is 7.06 Å². The van der Waals surface area contributed by atoms with E-state index >= 15 is 0 Å². The number of nitriles is 2. The van der Waals surface area contributed by atoms with Crippen molar-refractivity contribution in [3.63, 3.8) is 0 Å². The Hall–Kier alpha value is -0.300. The Morgan fingerprint density at radius 2 is 0.837 bits per heavy atom. The number of carbonyl (C=O) groups excluding carboxylic acids is 2. The number of unbranched alkanes of at least 4 members (excludes halogenated alkanes) is 18. The van der Waals surface area contributed by atoms with Crippen molar-refractivity contribution >= 4 is 90.5 Å². The highest BCUT2D eigenvalue weighted by atomic mass is 32.2. The fourth-order valence-corrected chi connectivity index (χ4v) is 11.0. The number of ether oxygens (including phenoxy) is 1. The van der Waals surface area contributed by atoms with Crippen LogP contribution in [-0.4, -0.2) is 40.0 Å². The van der Waals surface area contributed by atoms with Gasteiger partial charge in [0, 0.05) is 12.8 Å². The van der Waals surface area contributed by atoms with E-state index in [2.05, 4.69) is 26.0 Å². The highest BCUT2D eigenvalue weighted by Gasteiger charge is 2.30. The molecule has 0 spiro atoms. The molecule has 0 bridgehead atoms. The van der Waals surface area contributed by atoms with Gasteiger partial charge in [-0.3, -0.25) is 9.59 Å². The van der Waals surface area contributed by atoms with Gasteiger partial charge in [-0.1, -0.05) is 177 Å². The van der Waals surface area contributed by atoms with Gasteiger partial charge < -0.3 is 4.74 Å². The van der Waals surface area contributed by atoms with Crippen LogP contribution in [0, 0.1) is 22.7 Å². The number of esters is 2. The summed E-state index contributed by atoms with van der Waals surface area (Å²) in [6.45, 7) is 8.03. The van der Waals surface area contributed by atoms with Gasteiger partial charge in [0.25, 0.3) is 0 Å². The van der Waals surface area contributed by atoms with E-state index in [0.717, 1.165) is 24.3 Å². The average Bonchev–Trinajstić information content (AvgIpc) is 3.07. The number of hydrogen-bond donors (Lipinski definition) is 0. The van der Waals surface area contributed by atoms with Crippen LogP contribution in [0.2, 0.25) is 0 Å². The van der Waals surface area contributed by atoms with Gasteiger partial charge in [0.1, 0.15) is 16.6 Å². The zero-order chi connectivity index (χ0) is 36.6. The molecule has 0 amide bonds. The summed E-state index contributed by atoms with van der Waals surface area (Å²) >= 11 is 16.9. The van der Waals surface area contributed by atoms with E-state index < -0.39 is 21.4 Å². The molecule has 0 fully saturated rings. The number of thiocarbonyl (C=S) groups is 2. The highest BCUT2D eigenvalue weighted by Crippen LogP contribution is 2.36. The van der Waals surface area contributed by atoms with Gasteiger partial charge in [0.05, 0.1) is 12.1 Å². The lowest BCUT2D eigenvalue weighted by Crippen LogP contribution is -2.24. The summed E-state index contributed by atoms with van der Waals surface area (Å²) in [5.41, 5.74) is 0. The fourth-order valence-electron chi connectivity index (χ4n) is 5.09. The molecule has 2 atom stereocenters. The second kappa shape index (κ2) is 32.4. The molecule has 49 heavy (non-hydrogen) atoms. The summed E-state index contributed by atoms with van der Waals surface area (Å²) in [5, 5.41) is 19.6. The molecule has 0 heterocycles. The number of carbonyl (C=O) groups is 2. The van der Waals surface area contributed by atoms with E-state index in [1.54, 1.807) is 37.4 Å². The van der Waals surface area contributed by atoms with Crippen molar-refractivity contribution in [2.24, 2.45) is 0 Å². The lowest BCUT2D eigenvalue weighted by atomic mass is 10.1. The first-order valence-corrected chi connectivity index (χ1v) is 23.2. The Bertz CT molecular complexity index is 936. The number of hydrogen-bond acceptors (Lipinski definition) is 11. The van der Waals surface area contributed by atoms with Crippen molar-refractivity contribution in [1.82, 2.24) is 0 Å². The molecule has 0 saturated carbocycles. The van der Waals surface area contributed by atoms with Crippen LogP contribution < -0.4 is 0 Å². The van der Waals surface area contributed by atoms with Gasteiger partial charge in [-0.05, 0) is 51.0 Å². The summed E-state index contributed by atoms with van der Waals surface area (Å²) in [5.74, 6) is 0.543. The summed E-state index contributed by atoms with van der Waals surface area (Å²) in [7, 11) is 0. The second-order valence-electron chi connectivity index (χ2n) is 13.3. The largest absolute Gasteiger partial charge is 0.393 e. The summed E-state index contributed by atoms with van der Waals surface area (Å²) in [6.07, 6.45) is 26.1. The third-order valence-corrected chi connectivity index (χ3v) is 14.1. The maximum absolute atomic E-state index is 12.4. The van der Waals surface area contributed by atoms with Crippen molar-refractivity contribution in [1.29, 1.82) is 10.5 Å². The van der Waals surface area contributed by atoms with Crippen molar-refractivity contribution in [2.75, 3.05) is 11.5 Å². The predicted molar refractivity (Wildman–Crippen MR) is 227 cm³/mol. The van der Waals surface area contributed by atoms with Crippen LogP contribution in [0.1, 0.15) is 182 Å². The quantitative estimate of drug-likeness (QED) is 0.0301. The number of thioether (sulfide) groups is 4. The lowest BCUT2D eigenvalue weighted by molar-refractivity contribution is -0.159. The van der Waals surface area contributed by atoms with Crippen LogP contribution in [0.15, 0.2) is 0 Å². The molecule has 0 aliphatic heterocycles. The molecule has 2 unspecified atom stereocenters. The fraction of sp³-hybridized carbons (Fsp3) is 0.842. The zero-order valence-corrected chi connectivity index (χ0v) is 35.9. The molecule has 0 aromatic rings. The second-order valence-corrected chi connectivity index (χ2v) is 20.9. The predicted octanol–water partition coefficient (Wildman–Crippen LogP) is 13.5. The van der Waals surface area contributed by atoms with Crippen molar-refractivity contribution in [2.45, 2.75) is 191 Å². The van der Waals surface area contributed by atoms with Crippen LogP contribution in [0.5, 0.6) is 0 Å². The average molecular weight is 789 g/mol. The van der Waals surface area contributed by atoms with Crippen molar-refractivity contribution < 1.29 is 14.3 Å². The van der Waals surface area contributed by atoms with E-state index in [9.17, 15) is 20.1 Å². The van der Waals surface area contributed by atoms with Gasteiger partial charge in [-0.25, -0.2) is 0 Å². The van der Waals surface area contributed by atoms with Gasteiger partial charge in [-0.2, -0.15) is 10.5 Å². The third-order valence-electron chi connectivity index (χ3n) is 8.37. The summed E-state index contributed by atoms with van der Waals surface area (Å²) in [6, 6.07) is 4.57. The maximum atomic E-state index is 12.4. The van der Waals surface area contributed by atoms with E-state index in [4.69, 9.17) is 29.2 Å². The summed E-state index contributed by atoms with van der Waals surface area (Å²) in [4.78, 5) is 24.9. The van der Waals surface area contributed by atoms with Crippen molar-refractivity contribution in [3.05, 3.63) is 0 Å². The van der Waals surface area contributed by atoms with E-state index in [1.807, 2.05) is 0 Å². The molecule has 0 aliphatic carbocycles. The Morgan fingerprint density at radius 1 is 0.551 bits per heavy atom. The van der Waals surface area contributed by atoms with E-state index in [1.165, 1.54) is 139 Å². The molecule has 11 heteroatoms. The van der Waals surface area contributed by atoms with Crippen LogP contribution in [0.3, 0.4) is 0 Å². The van der Waals surface area contributed by atoms with Gasteiger partial charge in [0.2, 0.25) is 0 Å². The molecule has 0 aliphatic rings. The molecule has 0 aromatic carbocycles. The lowest BCUT2D eigenvalue weighted by Gasteiger charge is -2.21. The van der Waals surface area contributed by atoms with Crippen LogP contribution in [0.25, 0.3) is 0 Å². The molecule has 5 nitrogen and oxygen atoms in total. The molecule has 0 aromatic heterocycles. The van der Waals surface area contributed by atoms with Crippen LogP contribution >= 0.6 is 71.5 Å². The molecular weight excluding hydrogens is 725 g/mol. The van der Waals surface area contributed by atoms with Crippen LogP contribution in [0.4, 0.5) is 0 Å². The van der Waals surface area contributed by atoms with Gasteiger partial charge >= 0.3 is 11.9 Å². The minimum atomic E-state index is -0.874. The number of nitrogens with zero attached hydrogens (tertiary/aromatic N) is 2. The first-order chi connectivity index (χ1) is 23.5. The van der Waals surface area contributed by atoms with Gasteiger partial charge in [0.15, 0.2) is 0 Å². The highest BCUT2D eigenvalue weighted by molar-refractivity contribution is 8.48. The minimum Gasteiger partial charge on any atom is -0.393 e. The molecule has 0 N–H and O–H groups in total. The summed E-state index contributed by atoms with van der Waals surface area (Å²) < 4.78 is 4.70. The first-order valence-electron chi connectivity index (χ1n) is 18.8. The Labute approximate surface area is 328 Å². The van der Waals surface area contributed by atoms with E-state index in [-0.39, 0.29) is 25.7 Å². The monoisotopic (exact) mass is 788 g/mol. The Kier molecular flexibility index (Phi) is 32.2. The standard InChI is InChI=1S/C38H64N2O3S6/c1-5-7-9-11-13-15-17-19-21-23-29-46-35(44)48-37(3,31-39)27-25-33(41)43-34(42)26-28-38(4,32-40)49-36(45)47-30-24-22-20-18-16-14-12-10-8-6-2/h5-30H2,1-4H3. The zero-order valence-electron chi connectivity index (χ0n) is 31.0. The first kappa shape index (κ1) is 48.7. The third kappa shape index (κ3) is 29.9. The minimum absolute atomic E-state index is 0.0571. The van der Waals surface area contributed by atoms with Crippen LogP contribution in [-0.2, 0) is 14.3 Å². The number of rotatable bonds is 30. The maximum Gasteiger partial charge on any atom is 0.313 e. The SMILES string of the molecule is CCCCCCCCCCCCSC(=S)SC(C)(C#N)CCC(=O)OC(=O)CCC(C)(C#N)SC(=S)SCCCCCCCCCCCC. The van der Waals surface area contributed by atoms with Crippen molar-refractivity contribution in [3.8, 4) is 12.1 Å². The molecule has 0 saturated heterocycles. The molecule has 0 rings (SSSR count). The smallest absolute Gasteiger partial charge is 0.313 e. The Balaban J connectivity index is 4.20.